The van der Waals surface area contributed by atoms with Gasteiger partial charge >= 0.3 is 6.18 Å². The van der Waals surface area contributed by atoms with Crippen LogP contribution in [-0.2, 0) is 25.0 Å². The van der Waals surface area contributed by atoms with Crippen molar-refractivity contribution in [2.45, 2.75) is 50.7 Å². The first-order valence-electron chi connectivity index (χ1n) is 15.3. The summed E-state index contributed by atoms with van der Waals surface area (Å²) in [6, 6.07) is 14.8. The Morgan fingerprint density at radius 1 is 0.979 bits per heavy atom. The molecule has 3 aromatic heterocycles. The van der Waals surface area contributed by atoms with Crippen molar-refractivity contribution in [3.05, 3.63) is 95.3 Å². The number of rotatable bonds is 12. The number of hydrogen-bond acceptors (Lipinski definition) is 10. The maximum absolute atomic E-state index is 13.3. The van der Waals surface area contributed by atoms with E-state index < -0.39 is 11.9 Å². The largest absolute Gasteiger partial charge is 0.497 e. The van der Waals surface area contributed by atoms with Gasteiger partial charge in [-0.3, -0.25) is 5.41 Å². The van der Waals surface area contributed by atoms with Crippen molar-refractivity contribution in [1.82, 2.24) is 29.5 Å². The Kier molecular flexibility index (Phi) is 9.62. The standard InChI is InChI=1S/C34H33F3N8O2S/c1-4-45-17-26(34(35,36)37)43-32(45)23-9-5-20(6-10-23)15-39-30-25(29(38)48-18-21-7-13-24(46-2)14-8-21)16-40-31(44-30)27-28(22-11-12-22)41-19-42-33(27)47-3/h5-10,13-14,16-17,19,22,38H,4,11-12,15,18H2,1-3H3,(H,39,40,44). The lowest BCUT2D eigenvalue weighted by atomic mass is 10.1. The number of hydrogen-bond donors (Lipinski definition) is 2. The van der Waals surface area contributed by atoms with Gasteiger partial charge in [-0.25, -0.2) is 24.9 Å². The molecule has 5 aromatic rings. The average molecular weight is 675 g/mol. The fourth-order valence-electron chi connectivity index (χ4n) is 5.15. The molecule has 0 aliphatic heterocycles. The summed E-state index contributed by atoms with van der Waals surface area (Å²) in [5.41, 5.74) is 3.51. The van der Waals surface area contributed by atoms with Crippen LogP contribution in [0.15, 0.2) is 67.3 Å². The second-order valence-corrected chi connectivity index (χ2v) is 12.1. The van der Waals surface area contributed by atoms with Crippen molar-refractivity contribution < 1.29 is 22.6 Å². The SMILES string of the molecule is CCn1cc(C(F)(F)F)nc1-c1ccc(CNc2nc(-c3c(OC)ncnc3C3CC3)ncc2C(=N)SCc2ccc(OC)cc2)cc1. The summed E-state index contributed by atoms with van der Waals surface area (Å²) in [5.74, 6) is 3.06. The summed E-state index contributed by atoms with van der Waals surface area (Å²) in [4.78, 5) is 22.2. The number of benzene rings is 2. The van der Waals surface area contributed by atoms with Gasteiger partial charge < -0.3 is 19.4 Å². The molecule has 3 heterocycles. The summed E-state index contributed by atoms with van der Waals surface area (Å²) in [5, 5.41) is 12.6. The first kappa shape index (κ1) is 32.9. The molecule has 1 aliphatic carbocycles. The van der Waals surface area contributed by atoms with Crippen molar-refractivity contribution >= 4 is 22.6 Å². The highest BCUT2D eigenvalue weighted by Gasteiger charge is 2.35. The van der Waals surface area contributed by atoms with Crippen molar-refractivity contribution in [1.29, 1.82) is 5.41 Å². The fraction of sp³-hybridized carbons (Fsp3) is 0.294. The highest BCUT2D eigenvalue weighted by atomic mass is 32.2. The van der Waals surface area contributed by atoms with E-state index in [-0.39, 0.29) is 16.8 Å². The molecule has 0 atom stereocenters. The van der Waals surface area contributed by atoms with Crippen LogP contribution in [0.2, 0.25) is 0 Å². The monoisotopic (exact) mass is 674 g/mol. The highest BCUT2D eigenvalue weighted by molar-refractivity contribution is 8.13. The van der Waals surface area contributed by atoms with Gasteiger partial charge in [-0.05, 0) is 43.0 Å². The van der Waals surface area contributed by atoms with E-state index in [1.165, 1.54) is 22.7 Å². The number of halogens is 3. The lowest BCUT2D eigenvalue weighted by Crippen LogP contribution is -2.11. The molecule has 14 heteroatoms. The third kappa shape index (κ3) is 7.28. The summed E-state index contributed by atoms with van der Waals surface area (Å²) in [6.45, 7) is 2.45. The first-order valence-corrected chi connectivity index (χ1v) is 16.3. The second kappa shape index (κ2) is 14.0. The zero-order valence-corrected chi connectivity index (χ0v) is 27.3. The van der Waals surface area contributed by atoms with Gasteiger partial charge in [0, 0.05) is 42.7 Å². The molecule has 0 unspecified atom stereocenters. The van der Waals surface area contributed by atoms with Crippen LogP contribution in [0.4, 0.5) is 19.0 Å². The molecule has 2 aromatic carbocycles. The molecule has 1 fully saturated rings. The molecule has 1 saturated carbocycles. The number of aromatic nitrogens is 6. The molecule has 0 amide bonds. The maximum atomic E-state index is 13.3. The van der Waals surface area contributed by atoms with Crippen LogP contribution in [0.25, 0.3) is 22.8 Å². The molecule has 2 N–H and O–H groups in total. The van der Waals surface area contributed by atoms with Gasteiger partial charge in [-0.2, -0.15) is 13.2 Å². The summed E-state index contributed by atoms with van der Waals surface area (Å²) < 4.78 is 52.3. The van der Waals surface area contributed by atoms with E-state index in [1.807, 2.05) is 36.4 Å². The Morgan fingerprint density at radius 3 is 2.35 bits per heavy atom. The molecule has 10 nitrogen and oxygen atoms in total. The van der Waals surface area contributed by atoms with Gasteiger partial charge in [0.05, 0.1) is 30.5 Å². The van der Waals surface area contributed by atoms with Crippen molar-refractivity contribution in [3.63, 3.8) is 0 Å². The van der Waals surface area contributed by atoms with E-state index in [0.29, 0.717) is 53.1 Å². The maximum Gasteiger partial charge on any atom is 0.434 e. The number of nitrogens with one attached hydrogen (secondary N) is 2. The van der Waals surface area contributed by atoms with Gasteiger partial charge in [0.15, 0.2) is 11.5 Å². The lowest BCUT2D eigenvalue weighted by molar-refractivity contribution is -0.140. The lowest BCUT2D eigenvalue weighted by Gasteiger charge is -2.15. The van der Waals surface area contributed by atoms with E-state index in [0.717, 1.165) is 41.6 Å². The number of nitrogens with zero attached hydrogens (tertiary/aromatic N) is 6. The van der Waals surface area contributed by atoms with Gasteiger partial charge in [-0.1, -0.05) is 36.4 Å². The van der Waals surface area contributed by atoms with Gasteiger partial charge in [-0.15, -0.1) is 11.8 Å². The number of anilines is 1. The second-order valence-electron chi connectivity index (χ2n) is 11.1. The Bertz CT molecular complexity index is 1910. The van der Waals surface area contributed by atoms with Crippen LogP contribution in [0.1, 0.15) is 53.8 Å². The van der Waals surface area contributed by atoms with Gasteiger partial charge in [0.2, 0.25) is 5.88 Å². The van der Waals surface area contributed by atoms with Crippen LogP contribution < -0.4 is 14.8 Å². The molecular formula is C34H33F3N8O2S. The van der Waals surface area contributed by atoms with Crippen molar-refractivity contribution in [2.24, 2.45) is 0 Å². The molecule has 0 radical (unpaired) electrons. The molecule has 0 bridgehead atoms. The summed E-state index contributed by atoms with van der Waals surface area (Å²) in [6.07, 6.45) is 1.63. The minimum absolute atomic E-state index is 0.250. The molecule has 48 heavy (non-hydrogen) atoms. The molecule has 0 spiro atoms. The fourth-order valence-corrected chi connectivity index (χ4v) is 5.96. The number of thioether (sulfide) groups is 1. The topological polar surface area (TPSA) is 124 Å². The Labute approximate surface area is 279 Å². The number of ether oxygens (including phenoxy) is 2. The molecule has 248 valence electrons. The Balaban J connectivity index is 1.28. The summed E-state index contributed by atoms with van der Waals surface area (Å²) >= 11 is 1.35. The van der Waals surface area contributed by atoms with E-state index in [4.69, 9.17) is 19.9 Å². The van der Waals surface area contributed by atoms with E-state index in [1.54, 1.807) is 39.5 Å². The zero-order chi connectivity index (χ0) is 33.8. The summed E-state index contributed by atoms with van der Waals surface area (Å²) in [7, 11) is 3.16. The minimum atomic E-state index is -4.52. The number of methoxy groups -OCH3 is 2. The van der Waals surface area contributed by atoms with Crippen LogP contribution in [0.5, 0.6) is 11.6 Å². The number of alkyl halides is 3. The zero-order valence-electron chi connectivity index (χ0n) is 26.5. The molecule has 1 aliphatic rings. The van der Waals surface area contributed by atoms with Crippen LogP contribution >= 0.6 is 11.8 Å². The van der Waals surface area contributed by atoms with Crippen molar-refractivity contribution in [3.8, 4) is 34.4 Å². The van der Waals surface area contributed by atoms with Crippen LogP contribution in [0, 0.1) is 5.41 Å². The Hall–Kier alpha value is -4.98. The highest BCUT2D eigenvalue weighted by Crippen LogP contribution is 2.45. The quantitative estimate of drug-likeness (QED) is 0.102. The van der Waals surface area contributed by atoms with Gasteiger partial charge in [0.25, 0.3) is 0 Å². The number of aryl methyl sites for hydroxylation is 1. The third-order valence-electron chi connectivity index (χ3n) is 7.88. The molecule has 6 rings (SSSR count). The van der Waals surface area contributed by atoms with E-state index in [2.05, 4.69) is 25.3 Å². The first-order chi connectivity index (χ1) is 23.2. The van der Waals surface area contributed by atoms with Crippen molar-refractivity contribution in [2.75, 3.05) is 19.5 Å². The smallest absolute Gasteiger partial charge is 0.434 e. The predicted octanol–water partition coefficient (Wildman–Crippen LogP) is 7.60. The van der Waals surface area contributed by atoms with Gasteiger partial charge in [0.1, 0.15) is 29.3 Å². The number of imidazole rings is 1. The average Bonchev–Trinajstić information content (AvgIpc) is 3.86. The minimum Gasteiger partial charge on any atom is -0.497 e. The molecular weight excluding hydrogens is 641 g/mol. The Morgan fingerprint density at radius 2 is 1.71 bits per heavy atom. The normalized spacial score (nSPS) is 13.0. The van der Waals surface area contributed by atoms with E-state index in [9.17, 15) is 13.2 Å². The van der Waals surface area contributed by atoms with Crippen LogP contribution in [0.3, 0.4) is 0 Å². The predicted molar refractivity (Wildman–Crippen MR) is 178 cm³/mol. The van der Waals surface area contributed by atoms with E-state index >= 15 is 0 Å². The third-order valence-corrected chi connectivity index (χ3v) is 8.86. The van der Waals surface area contributed by atoms with Crippen LogP contribution in [-0.4, -0.2) is 48.8 Å². The molecule has 0 saturated heterocycles.